The summed E-state index contributed by atoms with van der Waals surface area (Å²) in [7, 11) is 0. The third-order valence-electron chi connectivity index (χ3n) is 5.50. The summed E-state index contributed by atoms with van der Waals surface area (Å²) in [5, 5.41) is 19.9. The van der Waals surface area contributed by atoms with Crippen molar-refractivity contribution in [3.63, 3.8) is 0 Å². The van der Waals surface area contributed by atoms with Crippen LogP contribution in [0.15, 0.2) is 79.1 Å². The number of hydrogen-bond donors (Lipinski definition) is 1. The monoisotopic (exact) mass is 383 g/mol. The Morgan fingerprint density at radius 2 is 1.83 bits per heavy atom. The molecular weight excluding hydrogens is 362 g/mol. The van der Waals surface area contributed by atoms with Gasteiger partial charge in [-0.1, -0.05) is 60.7 Å². The lowest BCUT2D eigenvalue weighted by Gasteiger charge is -2.52. The number of nitrogens with zero attached hydrogens (tertiary/aromatic N) is 3. The number of amides is 1. The van der Waals surface area contributed by atoms with Crippen molar-refractivity contribution in [2.75, 3.05) is 6.61 Å². The average Bonchev–Trinajstić information content (AvgIpc) is 2.75. The van der Waals surface area contributed by atoms with Gasteiger partial charge in [0, 0.05) is 18.3 Å². The number of hydrogen-bond acceptors (Lipinski definition) is 4. The molecule has 1 N–H and O–H groups in total. The molecule has 3 atom stereocenters. The van der Waals surface area contributed by atoms with E-state index in [1.807, 2.05) is 60.7 Å². The van der Waals surface area contributed by atoms with Gasteiger partial charge in [0.2, 0.25) is 5.91 Å². The number of aromatic nitrogens is 1. The highest BCUT2D eigenvalue weighted by atomic mass is 16.3. The first kappa shape index (κ1) is 18.9. The minimum Gasteiger partial charge on any atom is -0.394 e. The summed E-state index contributed by atoms with van der Waals surface area (Å²) in [4.78, 5) is 18.5. The number of aliphatic hydroxyl groups excluding tert-OH is 1. The van der Waals surface area contributed by atoms with E-state index in [0.29, 0.717) is 0 Å². The molecule has 2 aromatic carbocycles. The number of likely N-dealkylation sites (tertiary alicyclic amines) is 1. The summed E-state index contributed by atoms with van der Waals surface area (Å²) in [5.74, 6) is -0.406. The van der Waals surface area contributed by atoms with Crippen LogP contribution in [0, 0.1) is 11.3 Å². The summed E-state index contributed by atoms with van der Waals surface area (Å²) in [6, 6.07) is 22.7. The van der Waals surface area contributed by atoms with Gasteiger partial charge in [0.1, 0.15) is 6.04 Å². The van der Waals surface area contributed by atoms with E-state index in [1.165, 1.54) is 4.90 Å². The zero-order chi connectivity index (χ0) is 20.2. The molecule has 1 saturated heterocycles. The molecule has 0 spiro atoms. The first-order chi connectivity index (χ1) is 14.2. The normalized spacial score (nSPS) is 20.6. The highest BCUT2D eigenvalue weighted by molar-refractivity contribution is 5.82. The standard InChI is InChI=1S/C24H21N3O2/c25-14-21-24(20-11-5-4-10-19(20)18-8-2-1-3-9-18)22(16-28)27(21)23(29)13-17-7-6-12-26-15-17/h1-12,15,21-22,24,28H,13,16H2/t21-,22+,24-/m1/s1. The fourth-order valence-corrected chi connectivity index (χ4v) is 4.16. The van der Waals surface area contributed by atoms with Gasteiger partial charge in [-0.05, 0) is 28.3 Å². The van der Waals surface area contributed by atoms with Crippen LogP contribution in [0.1, 0.15) is 17.0 Å². The fraction of sp³-hybridized carbons (Fsp3) is 0.208. The minimum atomic E-state index is -0.610. The van der Waals surface area contributed by atoms with Gasteiger partial charge in [-0.25, -0.2) is 0 Å². The molecule has 0 radical (unpaired) electrons. The smallest absolute Gasteiger partial charge is 0.228 e. The van der Waals surface area contributed by atoms with Crippen LogP contribution in [0.3, 0.4) is 0 Å². The molecule has 5 heteroatoms. The summed E-state index contributed by atoms with van der Waals surface area (Å²) in [6.07, 6.45) is 3.47. The highest BCUT2D eigenvalue weighted by Gasteiger charge is 2.52. The Kier molecular flexibility index (Phi) is 5.37. The van der Waals surface area contributed by atoms with Crippen LogP contribution in [0.4, 0.5) is 0 Å². The third kappa shape index (κ3) is 3.51. The van der Waals surface area contributed by atoms with Crippen LogP contribution < -0.4 is 0 Å². The second kappa shape index (κ2) is 8.26. The lowest BCUT2D eigenvalue weighted by molar-refractivity contribution is -0.146. The Balaban J connectivity index is 1.65. The molecule has 3 aromatic rings. The number of rotatable bonds is 5. The maximum Gasteiger partial charge on any atom is 0.228 e. The molecule has 144 valence electrons. The van der Waals surface area contributed by atoms with Gasteiger partial charge in [-0.3, -0.25) is 9.78 Å². The molecule has 1 aromatic heterocycles. The van der Waals surface area contributed by atoms with Crippen molar-refractivity contribution in [1.82, 2.24) is 9.88 Å². The predicted octanol–water partition coefficient (Wildman–Crippen LogP) is 3.17. The Bertz CT molecular complexity index is 1030. The predicted molar refractivity (Wildman–Crippen MR) is 110 cm³/mol. The van der Waals surface area contributed by atoms with E-state index in [-0.39, 0.29) is 24.9 Å². The zero-order valence-electron chi connectivity index (χ0n) is 15.8. The fourth-order valence-electron chi connectivity index (χ4n) is 4.16. The molecule has 4 rings (SSSR count). The van der Waals surface area contributed by atoms with Crippen molar-refractivity contribution in [1.29, 1.82) is 5.26 Å². The SMILES string of the molecule is N#C[C@@H]1[C@@H](c2ccccc2-c2ccccc2)[C@H](CO)N1C(=O)Cc1cccnc1. The maximum atomic E-state index is 12.9. The van der Waals surface area contributed by atoms with E-state index in [9.17, 15) is 15.2 Å². The topological polar surface area (TPSA) is 77.2 Å². The van der Waals surface area contributed by atoms with E-state index in [2.05, 4.69) is 11.1 Å². The van der Waals surface area contributed by atoms with Gasteiger partial charge < -0.3 is 10.0 Å². The van der Waals surface area contributed by atoms with Crippen molar-refractivity contribution in [2.45, 2.75) is 24.4 Å². The minimum absolute atomic E-state index is 0.162. The molecular formula is C24H21N3O2. The number of benzene rings is 2. The molecule has 1 aliphatic heterocycles. The Hall–Kier alpha value is -3.49. The third-order valence-corrected chi connectivity index (χ3v) is 5.50. The molecule has 1 aliphatic rings. The molecule has 29 heavy (non-hydrogen) atoms. The molecule has 1 fully saturated rings. The van der Waals surface area contributed by atoms with Crippen molar-refractivity contribution >= 4 is 5.91 Å². The largest absolute Gasteiger partial charge is 0.394 e. The summed E-state index contributed by atoms with van der Waals surface area (Å²) in [6.45, 7) is -0.190. The molecule has 0 saturated carbocycles. The van der Waals surface area contributed by atoms with Crippen LogP contribution in [0.5, 0.6) is 0 Å². The second-order valence-corrected chi connectivity index (χ2v) is 7.14. The van der Waals surface area contributed by atoms with Crippen LogP contribution in [0.2, 0.25) is 0 Å². The van der Waals surface area contributed by atoms with Gasteiger partial charge in [0.05, 0.1) is 25.1 Å². The van der Waals surface area contributed by atoms with E-state index in [1.54, 1.807) is 18.5 Å². The summed E-state index contributed by atoms with van der Waals surface area (Å²) in [5.41, 5.74) is 3.85. The number of nitriles is 1. The first-order valence-corrected chi connectivity index (χ1v) is 9.59. The van der Waals surface area contributed by atoms with Crippen molar-refractivity contribution < 1.29 is 9.90 Å². The molecule has 0 unspecified atom stereocenters. The van der Waals surface area contributed by atoms with Crippen LogP contribution in [-0.4, -0.2) is 39.6 Å². The van der Waals surface area contributed by atoms with Crippen LogP contribution in [0.25, 0.3) is 11.1 Å². The molecule has 5 nitrogen and oxygen atoms in total. The lowest BCUT2D eigenvalue weighted by Crippen LogP contribution is -2.65. The van der Waals surface area contributed by atoms with Gasteiger partial charge in [0.15, 0.2) is 0 Å². The number of carbonyl (C=O) groups is 1. The maximum absolute atomic E-state index is 12.9. The van der Waals surface area contributed by atoms with E-state index in [0.717, 1.165) is 22.3 Å². The Labute approximate surface area is 169 Å². The zero-order valence-corrected chi connectivity index (χ0v) is 15.8. The first-order valence-electron chi connectivity index (χ1n) is 9.59. The quantitative estimate of drug-likeness (QED) is 0.734. The Morgan fingerprint density at radius 1 is 1.07 bits per heavy atom. The second-order valence-electron chi connectivity index (χ2n) is 7.14. The molecule has 0 aliphatic carbocycles. The average molecular weight is 383 g/mol. The van der Waals surface area contributed by atoms with Gasteiger partial charge in [-0.15, -0.1) is 0 Å². The number of pyridine rings is 1. The van der Waals surface area contributed by atoms with Gasteiger partial charge in [0.25, 0.3) is 0 Å². The van der Waals surface area contributed by atoms with Gasteiger partial charge >= 0.3 is 0 Å². The Morgan fingerprint density at radius 3 is 2.52 bits per heavy atom. The van der Waals surface area contributed by atoms with Crippen LogP contribution >= 0.6 is 0 Å². The van der Waals surface area contributed by atoms with Crippen molar-refractivity contribution in [3.8, 4) is 17.2 Å². The van der Waals surface area contributed by atoms with Crippen molar-refractivity contribution in [3.05, 3.63) is 90.3 Å². The number of aliphatic hydroxyl groups is 1. The highest BCUT2D eigenvalue weighted by Crippen LogP contribution is 2.44. The molecule has 1 amide bonds. The summed E-state index contributed by atoms with van der Waals surface area (Å²) >= 11 is 0. The lowest BCUT2D eigenvalue weighted by atomic mass is 9.73. The van der Waals surface area contributed by atoms with Crippen LogP contribution in [-0.2, 0) is 11.2 Å². The number of carbonyl (C=O) groups excluding carboxylic acids is 1. The van der Waals surface area contributed by atoms with E-state index in [4.69, 9.17) is 0 Å². The van der Waals surface area contributed by atoms with E-state index < -0.39 is 12.1 Å². The molecule has 2 heterocycles. The summed E-state index contributed by atoms with van der Waals surface area (Å²) < 4.78 is 0. The van der Waals surface area contributed by atoms with Crippen molar-refractivity contribution in [2.24, 2.45) is 0 Å². The van der Waals surface area contributed by atoms with E-state index >= 15 is 0 Å². The van der Waals surface area contributed by atoms with Gasteiger partial charge in [-0.2, -0.15) is 5.26 Å². The molecule has 0 bridgehead atoms.